The standard InChI is InChI=1S/C47H29N3S/c1-3-13-31(14-4-1)40-29-41(50-47(49-40)34-15-5-2-6-16-34)32-23-25-33(26-24-32)45-46-44(38-18-9-10-21-42(38)51-46)43-37(19-11-20-39(43)48-45)36-27-22-30-12-7-8-17-35(30)28-36/h1-29H. The number of rotatable bonds is 5. The van der Waals surface area contributed by atoms with Gasteiger partial charge in [0, 0.05) is 43.1 Å². The van der Waals surface area contributed by atoms with Gasteiger partial charge in [-0.05, 0) is 46.2 Å². The number of thiophene rings is 1. The number of benzene rings is 7. The number of fused-ring (bicyclic) bond motifs is 6. The average Bonchev–Trinajstić information content (AvgIpc) is 3.60. The van der Waals surface area contributed by atoms with E-state index in [1.165, 1.54) is 47.5 Å². The molecule has 0 aliphatic carbocycles. The molecule has 0 N–H and O–H groups in total. The Bertz CT molecular complexity index is 2840. The minimum atomic E-state index is 0.710. The highest BCUT2D eigenvalue weighted by Gasteiger charge is 2.19. The summed E-state index contributed by atoms with van der Waals surface area (Å²) in [5.41, 5.74) is 10.3. The summed E-state index contributed by atoms with van der Waals surface area (Å²) in [6.07, 6.45) is 0. The Hall–Kier alpha value is -6.49. The average molecular weight is 668 g/mol. The third kappa shape index (κ3) is 5.16. The molecule has 0 aliphatic heterocycles. The predicted octanol–water partition coefficient (Wildman–Crippen LogP) is 12.9. The number of hydrogen-bond donors (Lipinski definition) is 0. The normalized spacial score (nSPS) is 11.5. The Labute approximate surface area is 299 Å². The fourth-order valence-electron chi connectivity index (χ4n) is 7.19. The van der Waals surface area contributed by atoms with Crippen LogP contribution in [0.3, 0.4) is 0 Å². The van der Waals surface area contributed by atoms with E-state index in [0.717, 1.165) is 44.9 Å². The molecule has 0 fully saturated rings. The first kappa shape index (κ1) is 29.4. The second kappa shape index (κ2) is 12.1. The van der Waals surface area contributed by atoms with Gasteiger partial charge in [-0.15, -0.1) is 11.3 Å². The zero-order valence-corrected chi connectivity index (χ0v) is 28.3. The summed E-state index contributed by atoms with van der Waals surface area (Å²) in [7, 11) is 0. The first-order chi connectivity index (χ1) is 25.3. The molecule has 0 unspecified atom stereocenters. The fraction of sp³-hybridized carbons (Fsp3) is 0. The molecule has 10 rings (SSSR count). The van der Waals surface area contributed by atoms with E-state index < -0.39 is 0 Å². The van der Waals surface area contributed by atoms with Crippen molar-refractivity contribution in [2.75, 3.05) is 0 Å². The molecule has 0 saturated carbocycles. The lowest BCUT2D eigenvalue weighted by Crippen LogP contribution is -1.96. The number of pyridine rings is 1. The van der Waals surface area contributed by atoms with Gasteiger partial charge >= 0.3 is 0 Å². The maximum atomic E-state index is 5.41. The highest BCUT2D eigenvalue weighted by Crippen LogP contribution is 2.45. The molecule has 7 aromatic carbocycles. The summed E-state index contributed by atoms with van der Waals surface area (Å²) < 4.78 is 2.46. The van der Waals surface area contributed by atoms with Crippen molar-refractivity contribution in [3.05, 3.63) is 176 Å². The van der Waals surface area contributed by atoms with E-state index in [1.54, 1.807) is 0 Å². The van der Waals surface area contributed by atoms with Crippen LogP contribution in [0.4, 0.5) is 0 Å². The summed E-state index contributed by atoms with van der Waals surface area (Å²) in [4.78, 5) is 15.4. The Morgan fingerprint density at radius 1 is 0.392 bits per heavy atom. The van der Waals surface area contributed by atoms with Crippen molar-refractivity contribution in [3.8, 4) is 56.3 Å². The van der Waals surface area contributed by atoms with E-state index in [0.29, 0.717) is 5.82 Å². The molecule has 0 atom stereocenters. The molecule has 51 heavy (non-hydrogen) atoms. The van der Waals surface area contributed by atoms with Crippen molar-refractivity contribution in [2.45, 2.75) is 0 Å². The van der Waals surface area contributed by atoms with Crippen molar-refractivity contribution >= 4 is 53.2 Å². The quantitative estimate of drug-likeness (QED) is 0.183. The van der Waals surface area contributed by atoms with Gasteiger partial charge in [-0.1, -0.05) is 152 Å². The lowest BCUT2D eigenvalue weighted by Gasteiger charge is -2.13. The maximum absolute atomic E-state index is 5.41. The molecule has 0 radical (unpaired) electrons. The van der Waals surface area contributed by atoms with Gasteiger partial charge in [-0.2, -0.15) is 0 Å². The first-order valence-corrected chi connectivity index (χ1v) is 17.9. The van der Waals surface area contributed by atoms with Crippen LogP contribution in [0.15, 0.2) is 176 Å². The first-order valence-electron chi connectivity index (χ1n) is 17.1. The monoisotopic (exact) mass is 667 g/mol. The Morgan fingerprint density at radius 2 is 1.02 bits per heavy atom. The molecule has 0 aliphatic rings. The van der Waals surface area contributed by atoms with E-state index >= 15 is 0 Å². The Morgan fingerprint density at radius 3 is 1.80 bits per heavy atom. The van der Waals surface area contributed by atoms with Crippen molar-refractivity contribution in [1.82, 2.24) is 15.0 Å². The van der Waals surface area contributed by atoms with Crippen LogP contribution >= 0.6 is 11.3 Å². The van der Waals surface area contributed by atoms with Crippen molar-refractivity contribution in [1.29, 1.82) is 0 Å². The topological polar surface area (TPSA) is 38.7 Å². The number of nitrogens with zero attached hydrogens (tertiary/aromatic N) is 3. The Kier molecular flexibility index (Phi) is 7.00. The summed E-state index contributed by atoms with van der Waals surface area (Å²) in [6.45, 7) is 0. The predicted molar refractivity (Wildman–Crippen MR) is 215 cm³/mol. The third-order valence-electron chi connectivity index (χ3n) is 9.68. The van der Waals surface area contributed by atoms with Gasteiger partial charge < -0.3 is 0 Å². The zero-order chi connectivity index (χ0) is 33.7. The minimum Gasteiger partial charge on any atom is -0.246 e. The molecule has 0 bridgehead atoms. The SMILES string of the molecule is c1ccc(-c2cc(-c3ccc(-c4nc5cccc(-c6ccc7ccccc7c6)c5c5c4sc4ccccc45)cc3)nc(-c3ccccc3)n2)cc1. The van der Waals surface area contributed by atoms with Gasteiger partial charge in [-0.25, -0.2) is 15.0 Å². The number of aromatic nitrogens is 3. The summed E-state index contributed by atoms with van der Waals surface area (Å²) in [5, 5.41) is 6.20. The van der Waals surface area contributed by atoms with Gasteiger partial charge in [0.25, 0.3) is 0 Å². The maximum Gasteiger partial charge on any atom is 0.160 e. The van der Waals surface area contributed by atoms with Gasteiger partial charge in [0.15, 0.2) is 5.82 Å². The lowest BCUT2D eigenvalue weighted by atomic mass is 9.94. The van der Waals surface area contributed by atoms with Gasteiger partial charge in [0.1, 0.15) is 0 Å². The lowest BCUT2D eigenvalue weighted by molar-refractivity contribution is 1.18. The summed E-state index contributed by atoms with van der Waals surface area (Å²) in [5.74, 6) is 0.710. The van der Waals surface area contributed by atoms with Crippen LogP contribution in [0.2, 0.25) is 0 Å². The zero-order valence-electron chi connectivity index (χ0n) is 27.5. The van der Waals surface area contributed by atoms with Crippen LogP contribution in [-0.2, 0) is 0 Å². The molecule has 10 aromatic rings. The summed E-state index contributed by atoms with van der Waals surface area (Å²) >= 11 is 1.82. The molecule has 0 spiro atoms. The van der Waals surface area contributed by atoms with E-state index in [-0.39, 0.29) is 0 Å². The van der Waals surface area contributed by atoms with Crippen molar-refractivity contribution in [2.24, 2.45) is 0 Å². The second-order valence-electron chi connectivity index (χ2n) is 12.8. The summed E-state index contributed by atoms with van der Waals surface area (Å²) in [6, 6.07) is 61.9. The molecular formula is C47H29N3S. The molecule has 238 valence electrons. The van der Waals surface area contributed by atoms with Crippen LogP contribution in [0.1, 0.15) is 0 Å². The van der Waals surface area contributed by atoms with Gasteiger partial charge in [0.2, 0.25) is 0 Å². The van der Waals surface area contributed by atoms with E-state index in [1.807, 2.05) is 47.7 Å². The largest absolute Gasteiger partial charge is 0.246 e. The van der Waals surface area contributed by atoms with Crippen LogP contribution in [-0.4, -0.2) is 15.0 Å². The molecule has 3 heterocycles. The fourth-order valence-corrected chi connectivity index (χ4v) is 8.41. The molecular weight excluding hydrogens is 639 g/mol. The minimum absolute atomic E-state index is 0.710. The molecule has 4 heteroatoms. The second-order valence-corrected chi connectivity index (χ2v) is 13.8. The Balaban J connectivity index is 1.14. The van der Waals surface area contributed by atoms with E-state index in [2.05, 4.69) is 140 Å². The highest BCUT2D eigenvalue weighted by molar-refractivity contribution is 7.26. The smallest absolute Gasteiger partial charge is 0.160 e. The highest BCUT2D eigenvalue weighted by atomic mass is 32.1. The molecule has 3 aromatic heterocycles. The molecule has 0 amide bonds. The van der Waals surface area contributed by atoms with Crippen LogP contribution in [0, 0.1) is 0 Å². The van der Waals surface area contributed by atoms with E-state index in [9.17, 15) is 0 Å². The van der Waals surface area contributed by atoms with Crippen LogP contribution < -0.4 is 0 Å². The van der Waals surface area contributed by atoms with Crippen molar-refractivity contribution < 1.29 is 0 Å². The van der Waals surface area contributed by atoms with Crippen molar-refractivity contribution in [3.63, 3.8) is 0 Å². The molecule has 3 nitrogen and oxygen atoms in total. The molecule has 0 saturated heterocycles. The van der Waals surface area contributed by atoms with Gasteiger partial charge in [-0.3, -0.25) is 0 Å². The van der Waals surface area contributed by atoms with Crippen LogP contribution in [0.25, 0.3) is 98.1 Å². The third-order valence-corrected chi connectivity index (χ3v) is 10.9. The van der Waals surface area contributed by atoms with Crippen LogP contribution in [0.5, 0.6) is 0 Å². The number of hydrogen-bond acceptors (Lipinski definition) is 4. The van der Waals surface area contributed by atoms with Gasteiger partial charge in [0.05, 0.1) is 27.3 Å². The van der Waals surface area contributed by atoms with E-state index in [4.69, 9.17) is 15.0 Å².